The van der Waals surface area contributed by atoms with Crippen molar-refractivity contribution in [3.63, 3.8) is 0 Å². The Kier molecular flexibility index (Phi) is 5.22. The van der Waals surface area contributed by atoms with E-state index in [1.54, 1.807) is 0 Å². The van der Waals surface area contributed by atoms with Gasteiger partial charge < -0.3 is 20.3 Å². The van der Waals surface area contributed by atoms with Crippen molar-refractivity contribution in [1.82, 2.24) is 5.32 Å². The van der Waals surface area contributed by atoms with Gasteiger partial charge in [-0.15, -0.1) is 0 Å². The first-order chi connectivity index (χ1) is 8.89. The van der Waals surface area contributed by atoms with E-state index in [1.165, 1.54) is 32.2 Å². The van der Waals surface area contributed by atoms with Gasteiger partial charge in [-0.3, -0.25) is 10.1 Å². The number of benzene rings is 1. The minimum atomic E-state index is -1.23. The predicted octanol–water partition coefficient (Wildman–Crippen LogP) is 0.436. The van der Waals surface area contributed by atoms with Crippen molar-refractivity contribution in [2.75, 3.05) is 20.3 Å². The molecular weight excluding hydrogens is 252 g/mol. The van der Waals surface area contributed by atoms with Gasteiger partial charge in [0.2, 0.25) is 0 Å². The molecule has 7 heteroatoms. The van der Waals surface area contributed by atoms with Gasteiger partial charge in [-0.1, -0.05) is 0 Å². The average Bonchev–Trinajstić information content (AvgIpc) is 2.38. The summed E-state index contributed by atoms with van der Waals surface area (Å²) in [4.78, 5) is 10.2. The Morgan fingerprint density at radius 1 is 1.53 bits per heavy atom. The summed E-state index contributed by atoms with van der Waals surface area (Å²) in [6, 6.07) is 4.31. The van der Waals surface area contributed by atoms with Crippen LogP contribution in [-0.2, 0) is 6.54 Å². The van der Waals surface area contributed by atoms with E-state index in [9.17, 15) is 15.2 Å². The first kappa shape index (κ1) is 15.4. The first-order valence-corrected chi connectivity index (χ1v) is 5.75. The molecule has 0 amide bonds. The van der Waals surface area contributed by atoms with Crippen LogP contribution in [0.4, 0.5) is 5.69 Å². The van der Waals surface area contributed by atoms with Crippen LogP contribution >= 0.6 is 0 Å². The molecule has 0 fully saturated rings. The first-order valence-electron chi connectivity index (χ1n) is 5.75. The summed E-state index contributed by atoms with van der Waals surface area (Å²) >= 11 is 0. The molecule has 0 aliphatic carbocycles. The number of rotatable bonds is 7. The fraction of sp³-hybridized carbons (Fsp3) is 0.500. The molecule has 0 radical (unpaired) electrons. The molecule has 1 unspecified atom stereocenters. The zero-order valence-corrected chi connectivity index (χ0v) is 10.9. The molecule has 1 rings (SSSR count). The summed E-state index contributed by atoms with van der Waals surface area (Å²) in [6.07, 6.45) is 0. The van der Waals surface area contributed by atoms with Crippen LogP contribution in [0.2, 0.25) is 0 Å². The number of methoxy groups -OCH3 is 1. The molecule has 0 aliphatic rings. The van der Waals surface area contributed by atoms with Gasteiger partial charge in [0.15, 0.2) is 0 Å². The Balaban J connectivity index is 2.75. The highest BCUT2D eigenvalue weighted by Gasteiger charge is 2.18. The topological polar surface area (TPSA) is 105 Å². The average molecular weight is 270 g/mol. The second-order valence-corrected chi connectivity index (χ2v) is 4.51. The standard InChI is InChI=1S/C12H18N2O5/c1-12(16,8-15)7-13-6-9-5-10(14(17)18)3-4-11(9)19-2/h3-5,13,15-16H,6-8H2,1-2H3. The van der Waals surface area contributed by atoms with Crippen LogP contribution in [0.25, 0.3) is 0 Å². The van der Waals surface area contributed by atoms with Crippen molar-refractivity contribution in [1.29, 1.82) is 0 Å². The maximum Gasteiger partial charge on any atom is 0.270 e. The van der Waals surface area contributed by atoms with Gasteiger partial charge in [-0.05, 0) is 13.0 Å². The number of non-ortho nitro benzene ring substituents is 1. The minimum Gasteiger partial charge on any atom is -0.496 e. The summed E-state index contributed by atoms with van der Waals surface area (Å²) in [5.41, 5.74) is -0.634. The molecule has 0 spiro atoms. The lowest BCUT2D eigenvalue weighted by molar-refractivity contribution is -0.384. The third-order valence-electron chi connectivity index (χ3n) is 2.64. The number of hydrogen-bond donors (Lipinski definition) is 3. The lowest BCUT2D eigenvalue weighted by atomic mass is 10.1. The molecule has 0 saturated heterocycles. The number of nitrogens with zero attached hydrogens (tertiary/aromatic N) is 1. The highest BCUT2D eigenvalue weighted by molar-refractivity contribution is 5.43. The summed E-state index contributed by atoms with van der Waals surface area (Å²) in [7, 11) is 1.48. The molecule has 0 bridgehead atoms. The molecule has 1 aromatic rings. The van der Waals surface area contributed by atoms with Crippen LogP contribution in [0.15, 0.2) is 18.2 Å². The SMILES string of the molecule is COc1ccc([N+](=O)[O-])cc1CNCC(C)(O)CO. The van der Waals surface area contributed by atoms with E-state index in [2.05, 4.69) is 5.32 Å². The Morgan fingerprint density at radius 3 is 2.74 bits per heavy atom. The van der Waals surface area contributed by atoms with Gasteiger partial charge in [-0.25, -0.2) is 0 Å². The number of hydrogen-bond acceptors (Lipinski definition) is 6. The van der Waals surface area contributed by atoms with E-state index in [-0.39, 0.29) is 18.8 Å². The number of nitro benzene ring substituents is 1. The Hall–Kier alpha value is -1.70. The summed E-state index contributed by atoms with van der Waals surface area (Å²) < 4.78 is 5.11. The van der Waals surface area contributed by atoms with E-state index in [0.717, 1.165) is 0 Å². The third kappa shape index (κ3) is 4.47. The zero-order valence-electron chi connectivity index (χ0n) is 10.9. The van der Waals surface area contributed by atoms with E-state index >= 15 is 0 Å². The van der Waals surface area contributed by atoms with E-state index < -0.39 is 10.5 Å². The van der Waals surface area contributed by atoms with Gasteiger partial charge in [0.05, 0.1) is 24.2 Å². The molecule has 3 N–H and O–H groups in total. The fourth-order valence-corrected chi connectivity index (χ4v) is 1.54. The lowest BCUT2D eigenvalue weighted by Gasteiger charge is -2.21. The van der Waals surface area contributed by atoms with Crippen molar-refractivity contribution in [2.24, 2.45) is 0 Å². The number of ether oxygens (including phenoxy) is 1. The van der Waals surface area contributed by atoms with Crippen LogP contribution in [0.3, 0.4) is 0 Å². The molecule has 106 valence electrons. The maximum absolute atomic E-state index is 10.7. The normalized spacial score (nSPS) is 13.9. The third-order valence-corrected chi connectivity index (χ3v) is 2.64. The molecule has 1 atom stereocenters. The molecular formula is C12H18N2O5. The largest absolute Gasteiger partial charge is 0.496 e. The second kappa shape index (κ2) is 6.46. The van der Waals surface area contributed by atoms with Crippen molar-refractivity contribution < 1.29 is 19.9 Å². The number of nitrogens with one attached hydrogen (secondary N) is 1. The highest BCUT2D eigenvalue weighted by atomic mass is 16.6. The van der Waals surface area contributed by atoms with Crippen molar-refractivity contribution in [3.05, 3.63) is 33.9 Å². The Labute approximate surface area is 111 Å². The summed E-state index contributed by atoms with van der Waals surface area (Å²) in [5.74, 6) is 0.529. The van der Waals surface area contributed by atoms with Crippen molar-refractivity contribution in [2.45, 2.75) is 19.1 Å². The number of nitro groups is 1. The Bertz CT molecular complexity index is 448. The van der Waals surface area contributed by atoms with Crippen LogP contribution in [0.5, 0.6) is 5.75 Å². The van der Waals surface area contributed by atoms with Crippen molar-refractivity contribution >= 4 is 5.69 Å². The summed E-state index contributed by atoms with van der Waals surface area (Å²) in [5, 5.41) is 32.1. The second-order valence-electron chi connectivity index (χ2n) is 4.51. The minimum absolute atomic E-state index is 0.0217. The molecule has 7 nitrogen and oxygen atoms in total. The van der Waals surface area contributed by atoms with Crippen LogP contribution in [-0.4, -0.2) is 41.0 Å². The van der Waals surface area contributed by atoms with E-state index in [1.807, 2.05) is 0 Å². The molecule has 0 heterocycles. The van der Waals surface area contributed by atoms with Gasteiger partial charge in [0.1, 0.15) is 5.75 Å². The lowest BCUT2D eigenvalue weighted by Crippen LogP contribution is -2.40. The highest BCUT2D eigenvalue weighted by Crippen LogP contribution is 2.23. The molecule has 19 heavy (non-hydrogen) atoms. The van der Waals surface area contributed by atoms with E-state index in [4.69, 9.17) is 9.84 Å². The van der Waals surface area contributed by atoms with Crippen LogP contribution in [0.1, 0.15) is 12.5 Å². The van der Waals surface area contributed by atoms with Gasteiger partial charge in [-0.2, -0.15) is 0 Å². The zero-order chi connectivity index (χ0) is 14.5. The fourth-order valence-electron chi connectivity index (χ4n) is 1.54. The molecule has 1 aromatic carbocycles. The predicted molar refractivity (Wildman–Crippen MR) is 69.1 cm³/mol. The summed E-state index contributed by atoms with van der Waals surface area (Å²) in [6.45, 7) is 1.58. The van der Waals surface area contributed by atoms with Gasteiger partial charge in [0, 0.05) is 30.8 Å². The van der Waals surface area contributed by atoms with Crippen LogP contribution < -0.4 is 10.1 Å². The van der Waals surface area contributed by atoms with Gasteiger partial charge >= 0.3 is 0 Å². The van der Waals surface area contributed by atoms with E-state index in [0.29, 0.717) is 17.9 Å². The van der Waals surface area contributed by atoms with Crippen LogP contribution in [0, 0.1) is 10.1 Å². The Morgan fingerprint density at radius 2 is 2.21 bits per heavy atom. The quantitative estimate of drug-likeness (QED) is 0.490. The molecule has 0 aliphatic heterocycles. The number of aliphatic hydroxyl groups excluding tert-OH is 1. The molecule has 0 saturated carbocycles. The monoisotopic (exact) mass is 270 g/mol. The molecule has 0 aromatic heterocycles. The van der Waals surface area contributed by atoms with Crippen molar-refractivity contribution in [3.8, 4) is 5.75 Å². The van der Waals surface area contributed by atoms with Gasteiger partial charge in [0.25, 0.3) is 5.69 Å². The smallest absolute Gasteiger partial charge is 0.270 e. The number of aliphatic hydroxyl groups is 2. The maximum atomic E-state index is 10.7.